The quantitative estimate of drug-likeness (QED) is 0.347. The second kappa shape index (κ2) is 10.1. The number of para-hydroxylation sites is 2. The highest BCUT2D eigenvalue weighted by Gasteiger charge is 2.31. The van der Waals surface area contributed by atoms with Crippen LogP contribution in [0.3, 0.4) is 0 Å². The maximum absolute atomic E-state index is 12.8. The molecule has 0 bridgehead atoms. The zero-order valence-electron chi connectivity index (χ0n) is 19.4. The summed E-state index contributed by atoms with van der Waals surface area (Å²) in [6, 6.07) is 14.4. The van der Waals surface area contributed by atoms with Crippen molar-refractivity contribution in [3.63, 3.8) is 0 Å². The first-order chi connectivity index (χ1) is 16.1. The number of fused-ring (bicyclic) bond motifs is 1. The summed E-state index contributed by atoms with van der Waals surface area (Å²) in [5.74, 6) is -1.05. The summed E-state index contributed by atoms with van der Waals surface area (Å²) in [6.07, 6.45) is 0.635. The molecule has 1 heterocycles. The molecule has 2 aromatic rings. The number of sulfonamides is 1. The maximum atomic E-state index is 12.8. The topological polar surface area (TPSA) is 120 Å². The largest absolute Gasteiger partial charge is 0.454 e. The van der Waals surface area contributed by atoms with Crippen LogP contribution in [0.5, 0.6) is 0 Å². The van der Waals surface area contributed by atoms with Crippen molar-refractivity contribution in [1.29, 1.82) is 5.26 Å². The number of carbonyl (C=O) groups excluding carboxylic acids is 2. The SMILES string of the molecule is CCC(C)NS(=O)(=O)c1ccc(C(=O)OCC(=O)C(C#N)=C2N(C)c3ccccc3N2C)cc1. The van der Waals surface area contributed by atoms with Crippen molar-refractivity contribution in [3.05, 3.63) is 65.5 Å². The monoisotopic (exact) mass is 482 g/mol. The lowest BCUT2D eigenvalue weighted by Gasteiger charge is -2.19. The first kappa shape index (κ1) is 25.0. The van der Waals surface area contributed by atoms with Crippen LogP contribution in [0.15, 0.2) is 64.8 Å². The van der Waals surface area contributed by atoms with Gasteiger partial charge in [0.15, 0.2) is 6.61 Å². The molecule has 0 saturated carbocycles. The van der Waals surface area contributed by atoms with E-state index >= 15 is 0 Å². The fourth-order valence-electron chi connectivity index (χ4n) is 3.53. The molecular formula is C24H26N4O5S. The van der Waals surface area contributed by atoms with Crippen LogP contribution in [-0.2, 0) is 19.6 Å². The number of hydrogen-bond acceptors (Lipinski definition) is 8. The molecule has 0 spiro atoms. The van der Waals surface area contributed by atoms with E-state index < -0.39 is 28.4 Å². The summed E-state index contributed by atoms with van der Waals surface area (Å²) in [4.78, 5) is 28.7. The van der Waals surface area contributed by atoms with Crippen molar-refractivity contribution in [2.24, 2.45) is 0 Å². The molecule has 0 amide bonds. The van der Waals surface area contributed by atoms with Crippen molar-refractivity contribution < 1.29 is 22.7 Å². The minimum absolute atomic E-state index is 0.0174. The van der Waals surface area contributed by atoms with E-state index in [0.29, 0.717) is 12.2 Å². The zero-order chi connectivity index (χ0) is 25.0. The molecule has 0 aromatic heterocycles. The van der Waals surface area contributed by atoms with Crippen LogP contribution in [0.25, 0.3) is 0 Å². The number of nitrogens with zero attached hydrogens (tertiary/aromatic N) is 3. The summed E-state index contributed by atoms with van der Waals surface area (Å²) >= 11 is 0. The molecule has 3 rings (SSSR count). The van der Waals surface area contributed by atoms with Gasteiger partial charge in [0.2, 0.25) is 15.8 Å². The van der Waals surface area contributed by atoms with Gasteiger partial charge >= 0.3 is 5.97 Å². The average molecular weight is 483 g/mol. The Labute approximate surface area is 199 Å². The molecule has 1 N–H and O–H groups in total. The van der Waals surface area contributed by atoms with Crippen molar-refractivity contribution in [3.8, 4) is 6.07 Å². The molecule has 1 atom stereocenters. The highest BCUT2D eigenvalue weighted by molar-refractivity contribution is 7.89. The van der Waals surface area contributed by atoms with E-state index in [-0.39, 0.29) is 22.1 Å². The Morgan fingerprint density at radius 3 is 2.12 bits per heavy atom. The van der Waals surface area contributed by atoms with Crippen LogP contribution in [0.2, 0.25) is 0 Å². The van der Waals surface area contributed by atoms with Crippen LogP contribution in [-0.4, -0.2) is 46.9 Å². The van der Waals surface area contributed by atoms with E-state index in [1.54, 1.807) is 30.8 Å². The minimum atomic E-state index is -3.70. The number of nitrogens with one attached hydrogen (secondary N) is 1. The van der Waals surface area contributed by atoms with Crippen LogP contribution in [0.1, 0.15) is 30.6 Å². The number of benzene rings is 2. The summed E-state index contributed by atoms with van der Waals surface area (Å²) in [5, 5.41) is 9.66. The van der Waals surface area contributed by atoms with Gasteiger partial charge in [-0.2, -0.15) is 5.26 Å². The highest BCUT2D eigenvalue weighted by Crippen LogP contribution is 2.40. The minimum Gasteiger partial charge on any atom is -0.454 e. The third-order valence-electron chi connectivity index (χ3n) is 5.56. The Hall–Kier alpha value is -3.68. The predicted octanol–water partition coefficient (Wildman–Crippen LogP) is 2.81. The van der Waals surface area contributed by atoms with E-state index in [2.05, 4.69) is 4.72 Å². The van der Waals surface area contributed by atoms with Gasteiger partial charge in [-0.15, -0.1) is 0 Å². The molecule has 9 nitrogen and oxygen atoms in total. The number of ketones is 1. The molecule has 34 heavy (non-hydrogen) atoms. The number of esters is 1. The van der Waals surface area contributed by atoms with Gasteiger partial charge in [-0.05, 0) is 49.7 Å². The molecule has 1 aliphatic rings. The third kappa shape index (κ3) is 4.95. The number of rotatable bonds is 8. The summed E-state index contributed by atoms with van der Waals surface area (Å²) in [5.41, 5.74) is 1.64. The fraction of sp³-hybridized carbons (Fsp3) is 0.292. The lowest BCUT2D eigenvalue weighted by atomic mass is 10.2. The number of nitriles is 1. The van der Waals surface area contributed by atoms with Gasteiger partial charge in [0, 0.05) is 20.1 Å². The van der Waals surface area contributed by atoms with Crippen LogP contribution in [0, 0.1) is 11.3 Å². The average Bonchev–Trinajstić information content (AvgIpc) is 3.08. The predicted molar refractivity (Wildman–Crippen MR) is 128 cm³/mol. The number of hydrogen-bond donors (Lipinski definition) is 1. The zero-order valence-corrected chi connectivity index (χ0v) is 20.2. The first-order valence-electron chi connectivity index (χ1n) is 10.6. The van der Waals surface area contributed by atoms with Gasteiger partial charge in [0.25, 0.3) is 0 Å². The normalized spacial score (nSPS) is 13.8. The lowest BCUT2D eigenvalue weighted by Crippen LogP contribution is -2.32. The highest BCUT2D eigenvalue weighted by atomic mass is 32.2. The third-order valence-corrected chi connectivity index (χ3v) is 7.16. The first-order valence-corrected chi connectivity index (χ1v) is 12.1. The van der Waals surface area contributed by atoms with E-state index in [0.717, 1.165) is 11.4 Å². The van der Waals surface area contributed by atoms with E-state index in [1.165, 1.54) is 24.3 Å². The Morgan fingerprint density at radius 1 is 1.06 bits per heavy atom. The molecule has 178 valence electrons. The van der Waals surface area contributed by atoms with Gasteiger partial charge in [-0.3, -0.25) is 4.79 Å². The lowest BCUT2D eigenvalue weighted by molar-refractivity contribution is -0.118. The molecule has 10 heteroatoms. The van der Waals surface area contributed by atoms with Crippen LogP contribution in [0.4, 0.5) is 11.4 Å². The van der Waals surface area contributed by atoms with Crippen molar-refractivity contribution in [1.82, 2.24) is 4.72 Å². The Kier molecular flexibility index (Phi) is 7.39. The van der Waals surface area contributed by atoms with Gasteiger partial charge < -0.3 is 14.5 Å². The second-order valence-corrected chi connectivity index (χ2v) is 9.59. The van der Waals surface area contributed by atoms with Gasteiger partial charge in [0.05, 0.1) is 21.8 Å². The molecule has 0 radical (unpaired) electrons. The number of Topliss-reactive ketones (excluding diaryl/α,β-unsaturated/α-hetero) is 1. The summed E-state index contributed by atoms with van der Waals surface area (Å²) < 4.78 is 32.4. The standard InChI is InChI=1S/C24H26N4O5S/c1-5-16(2)26-34(31,32)18-12-10-17(11-13-18)24(30)33-15-22(29)19(14-25)23-27(3)20-8-6-7-9-21(20)28(23)4/h6-13,16,26H,5,15H2,1-4H3. The number of anilines is 2. The van der Waals surface area contributed by atoms with Crippen LogP contribution < -0.4 is 14.5 Å². The molecule has 0 aliphatic carbocycles. The summed E-state index contributed by atoms with van der Waals surface area (Å²) in [6.45, 7) is 2.99. The van der Waals surface area contributed by atoms with Gasteiger partial charge in [-0.1, -0.05) is 19.1 Å². The molecule has 1 aliphatic heterocycles. The van der Waals surface area contributed by atoms with Crippen molar-refractivity contribution in [2.45, 2.75) is 31.2 Å². The Balaban J connectivity index is 1.71. The Bertz CT molecular complexity index is 1250. The van der Waals surface area contributed by atoms with Gasteiger partial charge in [0.1, 0.15) is 17.5 Å². The van der Waals surface area contributed by atoms with E-state index in [1.807, 2.05) is 37.3 Å². The molecule has 1 unspecified atom stereocenters. The maximum Gasteiger partial charge on any atom is 0.338 e. The molecular weight excluding hydrogens is 456 g/mol. The summed E-state index contributed by atoms with van der Waals surface area (Å²) in [7, 11) is -0.205. The van der Waals surface area contributed by atoms with Gasteiger partial charge in [-0.25, -0.2) is 17.9 Å². The van der Waals surface area contributed by atoms with E-state index in [9.17, 15) is 23.3 Å². The number of carbonyl (C=O) groups is 2. The number of ether oxygens (including phenoxy) is 1. The van der Waals surface area contributed by atoms with Crippen molar-refractivity contribution in [2.75, 3.05) is 30.5 Å². The van der Waals surface area contributed by atoms with Crippen molar-refractivity contribution >= 4 is 33.2 Å². The Morgan fingerprint density at radius 2 is 1.62 bits per heavy atom. The molecule has 2 aromatic carbocycles. The molecule has 0 saturated heterocycles. The molecule has 0 fully saturated rings. The van der Waals surface area contributed by atoms with Crippen LogP contribution >= 0.6 is 0 Å². The smallest absolute Gasteiger partial charge is 0.338 e. The van der Waals surface area contributed by atoms with E-state index in [4.69, 9.17) is 4.74 Å². The second-order valence-electron chi connectivity index (χ2n) is 7.87. The fourth-order valence-corrected chi connectivity index (χ4v) is 4.86.